The molecule has 0 saturated heterocycles. The molecule has 1 aromatic heterocycles. The molecule has 176 valence electrons. The van der Waals surface area contributed by atoms with Gasteiger partial charge in [-0.15, -0.1) is 0 Å². The van der Waals surface area contributed by atoms with Gasteiger partial charge in [0.2, 0.25) is 0 Å². The lowest BCUT2D eigenvalue weighted by atomic mass is 9.92. The molecule has 3 aromatic rings. The Labute approximate surface area is 202 Å². The molecule has 0 atom stereocenters. The number of carbonyl (C=O) groups excluding carboxylic acids is 2. The van der Waals surface area contributed by atoms with Crippen molar-refractivity contribution >= 4 is 17.9 Å². The highest BCUT2D eigenvalue weighted by atomic mass is 19.1. The zero-order valence-corrected chi connectivity index (χ0v) is 19.7. The van der Waals surface area contributed by atoms with Crippen molar-refractivity contribution in [2.75, 3.05) is 7.11 Å². The summed E-state index contributed by atoms with van der Waals surface area (Å²) in [5, 5.41) is 14.3. The van der Waals surface area contributed by atoms with Crippen molar-refractivity contribution in [1.29, 1.82) is 5.26 Å². The predicted octanol–water partition coefficient (Wildman–Crippen LogP) is 4.69. The third kappa shape index (κ3) is 4.24. The van der Waals surface area contributed by atoms with Crippen molar-refractivity contribution in [3.8, 4) is 28.8 Å². The summed E-state index contributed by atoms with van der Waals surface area (Å²) in [5.41, 5.74) is 2.61. The van der Waals surface area contributed by atoms with Gasteiger partial charge in [-0.1, -0.05) is 18.2 Å². The van der Waals surface area contributed by atoms with E-state index in [1.807, 2.05) is 36.4 Å². The largest absolute Gasteiger partial charge is 0.494 e. The second-order valence-electron chi connectivity index (χ2n) is 8.31. The topological polar surface area (TPSA) is 88.2 Å². The average Bonchev–Trinajstić information content (AvgIpc) is 3.26. The van der Waals surface area contributed by atoms with Gasteiger partial charge in [0.1, 0.15) is 17.3 Å². The van der Waals surface area contributed by atoms with Gasteiger partial charge < -0.3 is 4.74 Å². The molecular weight excluding hydrogens is 447 g/mol. The Bertz CT molecular complexity index is 1430. The number of para-hydroxylation sites is 1. The summed E-state index contributed by atoms with van der Waals surface area (Å²) in [7, 11) is 1.39. The van der Waals surface area contributed by atoms with Crippen LogP contribution in [0.1, 0.15) is 26.3 Å². The lowest BCUT2D eigenvalue weighted by Crippen LogP contribution is -2.46. The first-order chi connectivity index (χ1) is 16.8. The Morgan fingerprint density at radius 1 is 1.11 bits per heavy atom. The van der Waals surface area contributed by atoms with E-state index in [9.17, 15) is 19.2 Å². The highest BCUT2D eigenvalue weighted by Crippen LogP contribution is 2.33. The fraction of sp³-hybridized carbons (Fsp3) is 0.185. The quantitative estimate of drug-likeness (QED) is 0.399. The number of carbonyl (C=O) groups is 2. The zero-order valence-electron chi connectivity index (χ0n) is 19.7. The predicted molar refractivity (Wildman–Crippen MR) is 129 cm³/mol. The highest BCUT2D eigenvalue weighted by Gasteiger charge is 2.37. The molecule has 0 fully saturated rings. The van der Waals surface area contributed by atoms with Crippen LogP contribution in [0.15, 0.2) is 71.4 Å². The number of rotatable bonds is 5. The molecule has 2 aromatic carbocycles. The van der Waals surface area contributed by atoms with E-state index in [0.717, 1.165) is 10.6 Å². The zero-order chi connectivity index (χ0) is 25.3. The minimum absolute atomic E-state index is 0.0861. The standard InChI is InChI=1S/C27H23FN4O3/c1-16(2)32-26(33)21(17(3)22(14-29)27(32)34)12-19-15-31(20-8-6-5-7-9-20)30-25(19)18-10-11-24(35-4)23(28)13-18/h5-13,15-16H,1-4H3/b21-12+. The van der Waals surface area contributed by atoms with Gasteiger partial charge in [-0.25, -0.2) is 9.07 Å². The monoisotopic (exact) mass is 470 g/mol. The first-order valence-electron chi connectivity index (χ1n) is 11.0. The summed E-state index contributed by atoms with van der Waals surface area (Å²) < 4.78 is 21.2. The van der Waals surface area contributed by atoms with Crippen molar-refractivity contribution in [1.82, 2.24) is 14.7 Å². The molecule has 0 bridgehead atoms. The van der Waals surface area contributed by atoms with Crippen molar-refractivity contribution < 1.29 is 18.7 Å². The van der Waals surface area contributed by atoms with Crippen molar-refractivity contribution in [2.24, 2.45) is 0 Å². The lowest BCUT2D eigenvalue weighted by molar-refractivity contribution is -0.142. The molecule has 0 radical (unpaired) electrons. The van der Waals surface area contributed by atoms with Crippen LogP contribution in [0.25, 0.3) is 23.0 Å². The average molecular weight is 471 g/mol. The third-order valence-corrected chi connectivity index (χ3v) is 5.78. The van der Waals surface area contributed by atoms with E-state index in [2.05, 4.69) is 5.10 Å². The molecule has 0 saturated carbocycles. The molecule has 1 aliphatic heterocycles. The van der Waals surface area contributed by atoms with E-state index < -0.39 is 23.7 Å². The van der Waals surface area contributed by atoms with Crippen molar-refractivity contribution in [3.05, 3.63) is 82.8 Å². The molecular formula is C27H23FN4O3. The fourth-order valence-electron chi connectivity index (χ4n) is 3.97. The number of methoxy groups -OCH3 is 1. The number of benzene rings is 2. The van der Waals surface area contributed by atoms with Gasteiger partial charge in [0.25, 0.3) is 11.8 Å². The molecule has 0 unspecified atom stereocenters. The lowest BCUT2D eigenvalue weighted by Gasteiger charge is -2.30. The number of aromatic nitrogens is 2. The normalized spacial score (nSPS) is 15.2. The van der Waals surface area contributed by atoms with Crippen LogP contribution in [-0.2, 0) is 9.59 Å². The molecule has 2 heterocycles. The minimum Gasteiger partial charge on any atom is -0.494 e. The van der Waals surface area contributed by atoms with E-state index in [4.69, 9.17) is 4.74 Å². The van der Waals surface area contributed by atoms with E-state index in [1.54, 1.807) is 43.8 Å². The number of hydrogen-bond donors (Lipinski definition) is 0. The molecule has 35 heavy (non-hydrogen) atoms. The second-order valence-corrected chi connectivity index (χ2v) is 8.31. The number of amides is 2. The van der Waals surface area contributed by atoms with Gasteiger partial charge >= 0.3 is 0 Å². The van der Waals surface area contributed by atoms with Gasteiger partial charge in [0, 0.05) is 28.9 Å². The van der Waals surface area contributed by atoms with Crippen LogP contribution < -0.4 is 4.74 Å². The van der Waals surface area contributed by atoms with Gasteiger partial charge in [0.05, 0.1) is 12.8 Å². The van der Waals surface area contributed by atoms with Crippen LogP contribution in [0.5, 0.6) is 5.75 Å². The highest BCUT2D eigenvalue weighted by molar-refractivity contribution is 6.20. The molecule has 7 nitrogen and oxygen atoms in total. The van der Waals surface area contributed by atoms with E-state index >= 15 is 0 Å². The number of ether oxygens (including phenoxy) is 1. The number of imide groups is 1. The van der Waals surface area contributed by atoms with E-state index in [0.29, 0.717) is 22.4 Å². The van der Waals surface area contributed by atoms with Gasteiger partial charge in [-0.05, 0) is 62.8 Å². The number of nitriles is 1. The maximum absolute atomic E-state index is 14.5. The number of hydrogen-bond acceptors (Lipinski definition) is 5. The van der Waals surface area contributed by atoms with E-state index in [-0.39, 0.29) is 16.9 Å². The first kappa shape index (κ1) is 23.6. The van der Waals surface area contributed by atoms with Gasteiger partial charge in [0.15, 0.2) is 11.6 Å². The second kappa shape index (κ2) is 9.39. The van der Waals surface area contributed by atoms with Crippen LogP contribution in [0.4, 0.5) is 4.39 Å². The maximum atomic E-state index is 14.5. The Morgan fingerprint density at radius 2 is 1.83 bits per heavy atom. The molecule has 0 spiro atoms. The maximum Gasteiger partial charge on any atom is 0.271 e. The summed E-state index contributed by atoms with van der Waals surface area (Å²) in [6, 6.07) is 15.3. The molecule has 4 rings (SSSR count). The van der Waals surface area contributed by atoms with Crippen LogP contribution in [0.3, 0.4) is 0 Å². The first-order valence-corrected chi connectivity index (χ1v) is 11.0. The van der Waals surface area contributed by atoms with Gasteiger partial charge in [-0.3, -0.25) is 14.5 Å². The Balaban J connectivity index is 1.95. The Morgan fingerprint density at radius 3 is 2.43 bits per heavy atom. The van der Waals surface area contributed by atoms with Crippen molar-refractivity contribution in [3.63, 3.8) is 0 Å². The molecule has 0 aliphatic carbocycles. The van der Waals surface area contributed by atoms with Crippen LogP contribution in [-0.4, -0.2) is 39.6 Å². The molecule has 2 amide bonds. The number of halogens is 1. The smallest absolute Gasteiger partial charge is 0.271 e. The summed E-state index contributed by atoms with van der Waals surface area (Å²) >= 11 is 0. The summed E-state index contributed by atoms with van der Waals surface area (Å²) in [6.07, 6.45) is 3.32. The van der Waals surface area contributed by atoms with Gasteiger partial charge in [-0.2, -0.15) is 10.4 Å². The summed E-state index contributed by atoms with van der Waals surface area (Å²) in [6.45, 7) is 5.00. The minimum atomic E-state index is -0.612. The number of nitrogens with zero attached hydrogens (tertiary/aromatic N) is 4. The Hall–Kier alpha value is -4.51. The molecule has 0 N–H and O–H groups in total. The molecule has 8 heteroatoms. The third-order valence-electron chi connectivity index (χ3n) is 5.78. The van der Waals surface area contributed by atoms with E-state index in [1.165, 1.54) is 19.2 Å². The molecule has 1 aliphatic rings. The summed E-state index contributed by atoms with van der Waals surface area (Å²) in [5.74, 6) is -1.56. The van der Waals surface area contributed by atoms with Crippen LogP contribution >= 0.6 is 0 Å². The SMILES string of the molecule is COc1ccc(-c2nn(-c3ccccc3)cc2/C=C2/C(=O)N(C(C)C)C(=O)C(C#N)=C2C)cc1F. The fourth-order valence-corrected chi connectivity index (χ4v) is 3.97. The summed E-state index contributed by atoms with van der Waals surface area (Å²) in [4.78, 5) is 27.1. The van der Waals surface area contributed by atoms with Crippen molar-refractivity contribution in [2.45, 2.75) is 26.8 Å². The Kier molecular flexibility index (Phi) is 6.34. The van der Waals surface area contributed by atoms with Crippen LogP contribution in [0.2, 0.25) is 0 Å². The van der Waals surface area contributed by atoms with Crippen LogP contribution in [0, 0.1) is 17.1 Å².